The van der Waals surface area contributed by atoms with Crippen LogP contribution in [0.2, 0.25) is 0 Å². The zero-order valence-electron chi connectivity index (χ0n) is 17.2. The summed E-state index contributed by atoms with van der Waals surface area (Å²) in [7, 11) is -9.24. The largest absolute Gasteiger partial charge is 0.464 e. The summed E-state index contributed by atoms with van der Waals surface area (Å²) in [6.07, 6.45) is -4.59. The molecule has 2 atom stereocenters. The third kappa shape index (κ3) is 6.60. The molecule has 0 aliphatic carbocycles. The van der Waals surface area contributed by atoms with Gasteiger partial charge in [-0.2, -0.15) is 16.8 Å². The lowest BCUT2D eigenvalue weighted by Crippen LogP contribution is -2.47. The van der Waals surface area contributed by atoms with Crippen LogP contribution in [-0.2, 0) is 47.7 Å². The summed E-state index contributed by atoms with van der Waals surface area (Å²) >= 11 is 0. The molecule has 0 fully saturated rings. The molecule has 2 rings (SSSR count). The molecule has 0 bridgehead atoms. The van der Waals surface area contributed by atoms with Gasteiger partial charge in [0, 0.05) is 0 Å². The molecule has 2 aromatic rings. The van der Waals surface area contributed by atoms with Gasteiger partial charge in [-0.25, -0.2) is 18.0 Å². The number of carbonyl (C=O) groups is 2. The topological polar surface area (TPSA) is 139 Å². The van der Waals surface area contributed by atoms with Gasteiger partial charge in [-0.1, -0.05) is 36.4 Å². The summed E-state index contributed by atoms with van der Waals surface area (Å²) < 4.78 is 70.3. The monoisotopic (exact) mass is 486 g/mol. The van der Waals surface area contributed by atoms with Gasteiger partial charge in [-0.05, 0) is 38.1 Å². The molecule has 0 aliphatic rings. The zero-order valence-corrected chi connectivity index (χ0v) is 18.9. The van der Waals surface area contributed by atoms with Crippen LogP contribution in [-0.4, -0.2) is 54.2 Å². The van der Waals surface area contributed by atoms with E-state index in [0.29, 0.717) is 0 Å². The Labute approximate surface area is 186 Å². The van der Waals surface area contributed by atoms with Crippen molar-refractivity contribution in [3.05, 3.63) is 60.7 Å². The van der Waals surface area contributed by atoms with E-state index in [4.69, 9.17) is 17.8 Å². The zero-order chi connectivity index (χ0) is 23.8. The number of hydrogen-bond acceptors (Lipinski definition) is 10. The molecular formula is C20H22O10S2. The molecule has 2 aromatic carbocycles. The van der Waals surface area contributed by atoms with E-state index in [9.17, 15) is 26.4 Å². The minimum absolute atomic E-state index is 0.203. The van der Waals surface area contributed by atoms with Gasteiger partial charge in [-0.15, -0.1) is 0 Å². The van der Waals surface area contributed by atoms with Gasteiger partial charge in [0.25, 0.3) is 20.2 Å². The molecule has 0 heterocycles. The standard InChI is InChI=1S/C20H22O10S2/c1-3-27-19(21)17(29-31(23,24)15-11-7-5-8-12-15)18(20(22)28-4-2)30-32(25,26)16-13-9-6-10-14-16/h5-14,17-18H,3-4H2,1-2H3/t17-,18?/m1/s1. The van der Waals surface area contributed by atoms with Crippen molar-refractivity contribution in [2.24, 2.45) is 0 Å². The first-order chi connectivity index (χ1) is 15.1. The maximum atomic E-state index is 12.7. The predicted molar refractivity (Wildman–Crippen MR) is 110 cm³/mol. The summed E-state index contributed by atoms with van der Waals surface area (Å²) in [5.41, 5.74) is 0. The lowest BCUT2D eigenvalue weighted by Gasteiger charge is -2.23. The highest BCUT2D eigenvalue weighted by Gasteiger charge is 2.45. The number of ether oxygens (including phenoxy) is 2. The molecule has 0 aromatic heterocycles. The summed E-state index contributed by atoms with van der Waals surface area (Å²) in [5, 5.41) is 0. The fraction of sp³-hybridized carbons (Fsp3) is 0.300. The fourth-order valence-corrected chi connectivity index (χ4v) is 4.54. The second-order valence-electron chi connectivity index (χ2n) is 6.07. The van der Waals surface area contributed by atoms with Crippen LogP contribution in [0.5, 0.6) is 0 Å². The molecule has 12 heteroatoms. The van der Waals surface area contributed by atoms with Crippen molar-refractivity contribution in [2.45, 2.75) is 35.8 Å². The average Bonchev–Trinajstić information content (AvgIpc) is 2.77. The lowest BCUT2D eigenvalue weighted by molar-refractivity contribution is -0.168. The van der Waals surface area contributed by atoms with E-state index < -0.39 is 44.4 Å². The lowest BCUT2D eigenvalue weighted by atomic mass is 10.2. The van der Waals surface area contributed by atoms with Crippen LogP contribution in [0.1, 0.15) is 13.8 Å². The number of hydrogen-bond donors (Lipinski definition) is 0. The predicted octanol–water partition coefficient (Wildman–Crippen LogP) is 1.66. The van der Waals surface area contributed by atoms with Crippen LogP contribution in [0.25, 0.3) is 0 Å². The van der Waals surface area contributed by atoms with Crippen LogP contribution >= 0.6 is 0 Å². The molecule has 0 N–H and O–H groups in total. The van der Waals surface area contributed by atoms with E-state index in [2.05, 4.69) is 0 Å². The molecule has 0 saturated carbocycles. The highest BCUT2D eigenvalue weighted by Crippen LogP contribution is 2.22. The first-order valence-electron chi connectivity index (χ1n) is 9.42. The van der Waals surface area contributed by atoms with E-state index in [-0.39, 0.29) is 23.0 Å². The van der Waals surface area contributed by atoms with Crippen molar-refractivity contribution in [2.75, 3.05) is 13.2 Å². The van der Waals surface area contributed by atoms with Crippen molar-refractivity contribution in [3.8, 4) is 0 Å². The Morgan fingerprint density at radius 1 is 0.656 bits per heavy atom. The van der Waals surface area contributed by atoms with Crippen LogP contribution in [0.3, 0.4) is 0 Å². The molecule has 0 amide bonds. The van der Waals surface area contributed by atoms with E-state index in [1.807, 2.05) is 0 Å². The van der Waals surface area contributed by atoms with Gasteiger partial charge < -0.3 is 9.47 Å². The first-order valence-corrected chi connectivity index (χ1v) is 12.2. The molecule has 0 radical (unpaired) electrons. The number of esters is 2. The molecule has 1 unspecified atom stereocenters. The van der Waals surface area contributed by atoms with Crippen molar-refractivity contribution in [3.63, 3.8) is 0 Å². The quantitative estimate of drug-likeness (QED) is 0.340. The average molecular weight is 487 g/mol. The summed E-state index contributed by atoms with van der Waals surface area (Å²) in [5.74, 6) is -2.65. The SMILES string of the molecule is CCOC(=O)C(OS(=O)(=O)c1ccccc1)[C@@H](OS(=O)(=O)c1ccccc1)C(=O)OCC. The van der Waals surface area contributed by atoms with Gasteiger partial charge in [-0.3, -0.25) is 0 Å². The summed E-state index contributed by atoms with van der Waals surface area (Å²) in [4.78, 5) is 24.4. The van der Waals surface area contributed by atoms with Crippen molar-refractivity contribution < 1.29 is 44.3 Å². The summed E-state index contributed by atoms with van der Waals surface area (Å²) in [6, 6.07) is 13.5. The van der Waals surface area contributed by atoms with Crippen LogP contribution in [0, 0.1) is 0 Å². The van der Waals surface area contributed by atoms with E-state index in [0.717, 1.165) is 0 Å². The van der Waals surface area contributed by atoms with Crippen LogP contribution in [0.15, 0.2) is 70.5 Å². The molecule has 0 saturated heterocycles. The second kappa shape index (κ2) is 11.2. The smallest absolute Gasteiger partial charge is 0.340 e. The molecule has 174 valence electrons. The number of rotatable bonds is 11. The second-order valence-corrected chi connectivity index (χ2v) is 9.22. The maximum Gasteiger partial charge on any atom is 0.340 e. The molecule has 0 spiro atoms. The summed E-state index contributed by atoms with van der Waals surface area (Å²) in [6.45, 7) is 2.46. The highest BCUT2D eigenvalue weighted by molar-refractivity contribution is 7.87. The van der Waals surface area contributed by atoms with Crippen LogP contribution in [0.4, 0.5) is 0 Å². The maximum absolute atomic E-state index is 12.7. The minimum atomic E-state index is -4.62. The van der Waals surface area contributed by atoms with Crippen LogP contribution < -0.4 is 0 Å². The molecule has 10 nitrogen and oxygen atoms in total. The number of carbonyl (C=O) groups excluding carboxylic acids is 2. The Bertz CT molecular complexity index is 1020. The minimum Gasteiger partial charge on any atom is -0.464 e. The van der Waals surface area contributed by atoms with E-state index >= 15 is 0 Å². The Balaban J connectivity index is 2.50. The van der Waals surface area contributed by atoms with E-state index in [1.165, 1.54) is 62.4 Å². The van der Waals surface area contributed by atoms with Gasteiger partial charge in [0.15, 0.2) is 0 Å². The van der Waals surface area contributed by atoms with Gasteiger partial charge in [0.1, 0.15) is 0 Å². The van der Waals surface area contributed by atoms with Gasteiger partial charge >= 0.3 is 11.9 Å². The highest BCUT2D eigenvalue weighted by atomic mass is 32.2. The van der Waals surface area contributed by atoms with E-state index in [1.54, 1.807) is 12.1 Å². The molecule has 0 aliphatic heterocycles. The van der Waals surface area contributed by atoms with Gasteiger partial charge in [0.05, 0.1) is 23.0 Å². The Morgan fingerprint density at radius 2 is 0.969 bits per heavy atom. The normalized spacial score (nSPS) is 13.7. The fourth-order valence-electron chi connectivity index (χ4n) is 2.43. The Kier molecular flexibility index (Phi) is 8.89. The third-order valence-electron chi connectivity index (χ3n) is 3.84. The van der Waals surface area contributed by atoms with Gasteiger partial charge in [0.2, 0.25) is 12.2 Å². The Morgan fingerprint density at radius 3 is 1.25 bits per heavy atom. The third-order valence-corrected chi connectivity index (χ3v) is 6.46. The van der Waals surface area contributed by atoms with Crippen molar-refractivity contribution >= 4 is 32.2 Å². The van der Waals surface area contributed by atoms with Crippen molar-refractivity contribution in [1.29, 1.82) is 0 Å². The molecular weight excluding hydrogens is 464 g/mol. The Hall–Kier alpha value is -2.80. The first kappa shape index (κ1) is 25.5. The van der Waals surface area contributed by atoms with Crippen molar-refractivity contribution in [1.82, 2.24) is 0 Å². The molecule has 32 heavy (non-hydrogen) atoms. The number of benzene rings is 2.